The average molecular weight is 405 g/mol. The molecule has 2 aliphatic heterocycles. The molecule has 0 aromatic heterocycles. The van der Waals surface area contributed by atoms with E-state index >= 15 is 0 Å². The lowest BCUT2D eigenvalue weighted by molar-refractivity contribution is -0.0871. The minimum atomic E-state index is -0.514. The molecule has 2 heterocycles. The Kier molecular flexibility index (Phi) is 4.92. The zero-order valence-electron chi connectivity index (χ0n) is 16.1. The lowest BCUT2D eigenvalue weighted by Crippen LogP contribution is -2.59. The van der Waals surface area contributed by atoms with Gasteiger partial charge in [0.25, 0.3) is 0 Å². The van der Waals surface area contributed by atoms with Gasteiger partial charge in [-0.25, -0.2) is 0 Å². The molecule has 0 spiro atoms. The minimum Gasteiger partial charge on any atom is -0.388 e. The molecule has 2 fully saturated rings. The molecule has 2 saturated heterocycles. The highest BCUT2D eigenvalue weighted by atomic mass is 35.5. The predicted octanol–water partition coefficient (Wildman–Crippen LogP) is 4.78. The number of anilines is 1. The van der Waals surface area contributed by atoms with Gasteiger partial charge in [-0.1, -0.05) is 41.4 Å². The van der Waals surface area contributed by atoms with Crippen LogP contribution in [0.2, 0.25) is 10.0 Å². The molecule has 0 unspecified atom stereocenters. The van der Waals surface area contributed by atoms with Crippen LogP contribution in [0.25, 0.3) is 0 Å². The zero-order valence-corrected chi connectivity index (χ0v) is 17.6. The predicted molar refractivity (Wildman–Crippen MR) is 113 cm³/mol. The second kappa shape index (κ2) is 6.97. The Morgan fingerprint density at radius 2 is 1.63 bits per heavy atom. The van der Waals surface area contributed by atoms with Crippen molar-refractivity contribution in [3.8, 4) is 0 Å². The van der Waals surface area contributed by atoms with E-state index in [1.54, 1.807) is 0 Å². The highest BCUT2D eigenvalue weighted by molar-refractivity contribution is 6.39. The number of halogens is 2. The van der Waals surface area contributed by atoms with E-state index in [0.717, 1.165) is 48.5 Å². The van der Waals surface area contributed by atoms with Gasteiger partial charge in [0.2, 0.25) is 0 Å². The number of aliphatic hydroxyl groups is 1. The van der Waals surface area contributed by atoms with Crippen molar-refractivity contribution in [1.82, 2.24) is 4.90 Å². The Balaban J connectivity index is 1.46. The van der Waals surface area contributed by atoms with E-state index < -0.39 is 5.60 Å². The fourth-order valence-electron chi connectivity index (χ4n) is 4.72. The Labute approximate surface area is 171 Å². The van der Waals surface area contributed by atoms with Crippen molar-refractivity contribution in [1.29, 1.82) is 0 Å². The standard InChI is InChI=1S/C22H26Cl2N2O/c1-14-7-16(9-25-12-22(3,27)13-25)8-15(2)20(14)17-10-26(11-17)21-18(23)5-4-6-19(21)24/h4-8,17,27H,9-13H2,1-3H3. The number of rotatable bonds is 4. The van der Waals surface area contributed by atoms with E-state index in [0.29, 0.717) is 5.92 Å². The van der Waals surface area contributed by atoms with Gasteiger partial charge in [-0.3, -0.25) is 4.90 Å². The number of hydrogen-bond acceptors (Lipinski definition) is 3. The van der Waals surface area contributed by atoms with Crippen LogP contribution in [0.3, 0.4) is 0 Å². The lowest BCUT2D eigenvalue weighted by atomic mass is 9.84. The first-order valence-corrected chi connectivity index (χ1v) is 10.2. The van der Waals surface area contributed by atoms with Gasteiger partial charge in [0.05, 0.1) is 21.3 Å². The number of β-amino-alcohol motifs (C(OH)–C–C–N with tert-alkyl or cyclic N) is 1. The average Bonchev–Trinajstić information content (AvgIpc) is 2.48. The second-order valence-corrected chi connectivity index (χ2v) is 9.27. The molecule has 0 radical (unpaired) electrons. The van der Waals surface area contributed by atoms with E-state index in [4.69, 9.17) is 23.2 Å². The molecule has 144 valence electrons. The van der Waals surface area contributed by atoms with Crippen molar-refractivity contribution >= 4 is 28.9 Å². The van der Waals surface area contributed by atoms with Gasteiger partial charge < -0.3 is 10.0 Å². The van der Waals surface area contributed by atoms with E-state index in [2.05, 4.69) is 35.8 Å². The van der Waals surface area contributed by atoms with Crippen LogP contribution in [-0.2, 0) is 6.54 Å². The molecule has 4 rings (SSSR count). The molecule has 0 bridgehead atoms. The smallest absolute Gasteiger partial charge is 0.0872 e. The summed E-state index contributed by atoms with van der Waals surface area (Å²) in [5.74, 6) is 0.510. The first-order chi connectivity index (χ1) is 12.7. The summed E-state index contributed by atoms with van der Waals surface area (Å²) in [5, 5.41) is 11.4. The van der Waals surface area contributed by atoms with E-state index in [1.165, 1.54) is 22.3 Å². The summed E-state index contributed by atoms with van der Waals surface area (Å²) in [6.45, 7) is 10.6. The molecular weight excluding hydrogens is 379 g/mol. The van der Waals surface area contributed by atoms with Gasteiger partial charge in [0, 0.05) is 38.6 Å². The fraction of sp³-hybridized carbons (Fsp3) is 0.455. The largest absolute Gasteiger partial charge is 0.388 e. The number of hydrogen-bond donors (Lipinski definition) is 1. The van der Waals surface area contributed by atoms with Crippen molar-refractivity contribution in [2.45, 2.75) is 38.8 Å². The van der Waals surface area contributed by atoms with Crippen molar-refractivity contribution in [3.05, 3.63) is 62.6 Å². The fourth-order valence-corrected chi connectivity index (χ4v) is 5.36. The van der Waals surface area contributed by atoms with Crippen LogP contribution in [0.5, 0.6) is 0 Å². The van der Waals surface area contributed by atoms with Gasteiger partial charge in [0.15, 0.2) is 0 Å². The first kappa shape index (κ1) is 19.1. The summed E-state index contributed by atoms with van der Waals surface area (Å²) in [5.41, 5.74) is 5.93. The maximum Gasteiger partial charge on any atom is 0.0872 e. The molecule has 5 heteroatoms. The molecule has 0 atom stereocenters. The van der Waals surface area contributed by atoms with Crippen LogP contribution in [0.15, 0.2) is 30.3 Å². The van der Waals surface area contributed by atoms with Crippen molar-refractivity contribution < 1.29 is 5.11 Å². The number of nitrogens with zero attached hydrogens (tertiary/aromatic N) is 2. The Bertz CT molecular complexity index is 823. The lowest BCUT2D eigenvalue weighted by Gasteiger charge is -2.45. The molecule has 0 saturated carbocycles. The van der Waals surface area contributed by atoms with E-state index in [1.807, 2.05) is 25.1 Å². The first-order valence-electron chi connectivity index (χ1n) is 9.47. The van der Waals surface area contributed by atoms with Crippen LogP contribution >= 0.6 is 23.2 Å². The second-order valence-electron chi connectivity index (χ2n) is 8.46. The summed E-state index contributed by atoms with van der Waals surface area (Å²) >= 11 is 12.7. The van der Waals surface area contributed by atoms with Gasteiger partial charge in [-0.2, -0.15) is 0 Å². The van der Waals surface area contributed by atoms with Crippen LogP contribution in [0.1, 0.15) is 35.1 Å². The molecule has 27 heavy (non-hydrogen) atoms. The molecule has 2 aromatic carbocycles. The molecule has 0 aliphatic carbocycles. The van der Waals surface area contributed by atoms with Gasteiger partial charge in [-0.05, 0) is 55.2 Å². The molecule has 0 amide bonds. The summed E-state index contributed by atoms with van der Waals surface area (Å²) < 4.78 is 0. The molecule has 1 N–H and O–H groups in total. The minimum absolute atomic E-state index is 0.510. The van der Waals surface area contributed by atoms with Crippen LogP contribution in [-0.4, -0.2) is 41.8 Å². The summed E-state index contributed by atoms with van der Waals surface area (Å²) in [4.78, 5) is 4.56. The zero-order chi connectivity index (χ0) is 19.3. The molecule has 2 aromatic rings. The molecule has 3 nitrogen and oxygen atoms in total. The molecule has 2 aliphatic rings. The maximum absolute atomic E-state index is 9.92. The third-order valence-electron chi connectivity index (χ3n) is 5.73. The van der Waals surface area contributed by atoms with Crippen LogP contribution < -0.4 is 4.90 Å². The van der Waals surface area contributed by atoms with Crippen molar-refractivity contribution in [2.24, 2.45) is 0 Å². The number of aryl methyl sites for hydroxylation is 2. The van der Waals surface area contributed by atoms with Crippen LogP contribution in [0, 0.1) is 13.8 Å². The maximum atomic E-state index is 9.92. The Morgan fingerprint density at radius 3 is 2.15 bits per heavy atom. The third-order valence-corrected chi connectivity index (χ3v) is 6.34. The quantitative estimate of drug-likeness (QED) is 0.793. The normalized spacial score (nSPS) is 19.7. The summed E-state index contributed by atoms with van der Waals surface area (Å²) in [6, 6.07) is 10.3. The summed E-state index contributed by atoms with van der Waals surface area (Å²) in [7, 11) is 0. The third kappa shape index (κ3) is 3.71. The number of likely N-dealkylation sites (tertiary alicyclic amines) is 1. The van der Waals surface area contributed by atoms with Gasteiger partial charge in [0.1, 0.15) is 0 Å². The van der Waals surface area contributed by atoms with E-state index in [9.17, 15) is 5.11 Å². The number of para-hydroxylation sites is 1. The number of benzene rings is 2. The summed E-state index contributed by atoms with van der Waals surface area (Å²) in [6.07, 6.45) is 0. The molecular formula is C22H26Cl2N2O. The highest BCUT2D eigenvalue weighted by Gasteiger charge is 2.36. The van der Waals surface area contributed by atoms with Gasteiger partial charge >= 0.3 is 0 Å². The van der Waals surface area contributed by atoms with E-state index in [-0.39, 0.29) is 0 Å². The van der Waals surface area contributed by atoms with Crippen molar-refractivity contribution in [3.63, 3.8) is 0 Å². The topological polar surface area (TPSA) is 26.7 Å². The van der Waals surface area contributed by atoms with Crippen LogP contribution in [0.4, 0.5) is 5.69 Å². The Hall–Kier alpha value is -1.26. The van der Waals surface area contributed by atoms with Gasteiger partial charge in [-0.15, -0.1) is 0 Å². The monoisotopic (exact) mass is 404 g/mol. The highest BCUT2D eigenvalue weighted by Crippen LogP contribution is 2.41. The SMILES string of the molecule is Cc1cc(CN2CC(C)(O)C2)cc(C)c1C1CN(c2c(Cl)cccc2Cl)C1. The Morgan fingerprint density at radius 1 is 1.07 bits per heavy atom. The van der Waals surface area contributed by atoms with Crippen molar-refractivity contribution in [2.75, 3.05) is 31.1 Å².